The van der Waals surface area contributed by atoms with Gasteiger partial charge in [-0.25, -0.2) is 0 Å². The summed E-state index contributed by atoms with van der Waals surface area (Å²) < 4.78 is 16.6. The number of nitrogens with zero attached hydrogens (tertiary/aromatic N) is 1. The molecule has 0 aliphatic carbocycles. The summed E-state index contributed by atoms with van der Waals surface area (Å²) in [4.78, 5) is 4.23. The van der Waals surface area contributed by atoms with E-state index >= 15 is 0 Å². The van der Waals surface area contributed by atoms with E-state index in [0.29, 0.717) is 13.1 Å². The molecule has 26 heavy (non-hydrogen) atoms. The summed E-state index contributed by atoms with van der Waals surface area (Å²) in [6.45, 7) is 7.20. The average Bonchev–Trinajstić information content (AvgIpc) is 2.92. The summed E-state index contributed by atoms with van der Waals surface area (Å²) in [7, 11) is 3.39. The molecule has 1 aromatic carbocycles. The normalized spacial score (nSPS) is 12.1. The van der Waals surface area contributed by atoms with Crippen LogP contribution >= 0.6 is 24.0 Å². The number of guanidine groups is 1. The Morgan fingerprint density at radius 3 is 2.54 bits per heavy atom. The van der Waals surface area contributed by atoms with Gasteiger partial charge in [-0.15, -0.1) is 24.0 Å². The van der Waals surface area contributed by atoms with E-state index in [2.05, 4.69) is 15.6 Å². The third kappa shape index (κ3) is 6.78. The number of halogens is 1. The van der Waals surface area contributed by atoms with Gasteiger partial charge < -0.3 is 24.5 Å². The van der Waals surface area contributed by atoms with Gasteiger partial charge in [0, 0.05) is 25.2 Å². The number of furan rings is 1. The van der Waals surface area contributed by atoms with Crippen molar-refractivity contribution in [1.82, 2.24) is 10.6 Å². The summed E-state index contributed by atoms with van der Waals surface area (Å²) in [6.07, 6.45) is -0.0245. The van der Waals surface area contributed by atoms with Crippen molar-refractivity contribution in [3.8, 4) is 11.5 Å². The lowest BCUT2D eigenvalue weighted by Gasteiger charge is -2.18. The zero-order chi connectivity index (χ0) is 18.2. The molecule has 1 unspecified atom stereocenters. The topological polar surface area (TPSA) is 68.0 Å². The number of ether oxygens (including phenoxy) is 2. The van der Waals surface area contributed by atoms with Gasteiger partial charge in [0.25, 0.3) is 0 Å². The number of hydrogen-bond donors (Lipinski definition) is 2. The molecule has 0 radical (unpaired) electrons. The first-order valence-corrected chi connectivity index (χ1v) is 8.33. The minimum Gasteiger partial charge on any atom is -0.497 e. The van der Waals surface area contributed by atoms with Crippen LogP contribution in [0.15, 0.2) is 39.7 Å². The molecule has 0 spiro atoms. The zero-order valence-electron chi connectivity index (χ0n) is 16.0. The summed E-state index contributed by atoms with van der Waals surface area (Å²) in [5, 5.41) is 6.55. The second-order valence-corrected chi connectivity index (χ2v) is 5.85. The van der Waals surface area contributed by atoms with E-state index in [-0.39, 0.29) is 30.1 Å². The van der Waals surface area contributed by atoms with Gasteiger partial charge in [-0.3, -0.25) is 4.99 Å². The molecule has 2 N–H and O–H groups in total. The fourth-order valence-corrected chi connectivity index (χ4v) is 2.45. The fraction of sp³-hybridized carbons (Fsp3) is 0.421. The van der Waals surface area contributed by atoms with Crippen LogP contribution in [0.5, 0.6) is 11.5 Å². The monoisotopic (exact) mass is 473 g/mol. The number of hydrogen-bond acceptors (Lipinski definition) is 4. The van der Waals surface area contributed by atoms with Crippen LogP contribution in [0, 0.1) is 13.8 Å². The Kier molecular flexibility index (Phi) is 9.32. The van der Waals surface area contributed by atoms with Gasteiger partial charge in [-0.1, -0.05) is 6.07 Å². The molecule has 0 saturated heterocycles. The quantitative estimate of drug-likeness (QED) is 0.365. The molecule has 2 aromatic rings. The van der Waals surface area contributed by atoms with Crippen molar-refractivity contribution in [2.24, 2.45) is 4.99 Å². The Hall–Kier alpha value is -1.90. The predicted molar refractivity (Wildman–Crippen MR) is 115 cm³/mol. The minimum absolute atomic E-state index is 0. The molecular weight excluding hydrogens is 445 g/mol. The second kappa shape index (κ2) is 10.9. The first-order chi connectivity index (χ1) is 12.0. The van der Waals surface area contributed by atoms with Crippen molar-refractivity contribution in [2.75, 3.05) is 20.7 Å². The van der Waals surface area contributed by atoms with Gasteiger partial charge in [0.15, 0.2) is 5.96 Å². The Bertz CT molecular complexity index is 716. The highest BCUT2D eigenvalue weighted by Gasteiger charge is 2.08. The lowest BCUT2D eigenvalue weighted by Crippen LogP contribution is -2.41. The van der Waals surface area contributed by atoms with Gasteiger partial charge in [-0.2, -0.15) is 0 Å². The summed E-state index contributed by atoms with van der Waals surface area (Å²) in [5.74, 6) is 4.12. The zero-order valence-corrected chi connectivity index (χ0v) is 18.3. The van der Waals surface area contributed by atoms with Crippen LogP contribution in [0.4, 0.5) is 0 Å². The SMILES string of the molecule is CN=C(NCc1cc(C)oc1C)NCC(C)Oc1cccc(OC)c1.I. The molecule has 0 aliphatic rings. The van der Waals surface area contributed by atoms with Crippen molar-refractivity contribution in [3.05, 3.63) is 47.4 Å². The lowest BCUT2D eigenvalue weighted by atomic mass is 10.2. The molecule has 7 heteroatoms. The molecule has 0 bridgehead atoms. The maximum atomic E-state index is 5.90. The van der Waals surface area contributed by atoms with Crippen LogP contribution in [0.2, 0.25) is 0 Å². The highest BCUT2D eigenvalue weighted by molar-refractivity contribution is 14.0. The van der Waals surface area contributed by atoms with Crippen LogP contribution in [0.3, 0.4) is 0 Å². The Labute approximate surface area is 172 Å². The Morgan fingerprint density at radius 2 is 1.92 bits per heavy atom. The van der Waals surface area contributed by atoms with E-state index in [1.165, 1.54) is 0 Å². The largest absolute Gasteiger partial charge is 0.497 e. The maximum Gasteiger partial charge on any atom is 0.191 e. The molecule has 6 nitrogen and oxygen atoms in total. The first kappa shape index (κ1) is 22.1. The van der Waals surface area contributed by atoms with Crippen molar-refractivity contribution < 1.29 is 13.9 Å². The first-order valence-electron chi connectivity index (χ1n) is 8.33. The van der Waals surface area contributed by atoms with Gasteiger partial charge in [0.1, 0.15) is 29.1 Å². The number of rotatable bonds is 7. The Balaban J connectivity index is 0.00000338. The number of methoxy groups -OCH3 is 1. The molecule has 0 amide bonds. The lowest BCUT2D eigenvalue weighted by molar-refractivity contribution is 0.223. The van der Waals surface area contributed by atoms with Crippen molar-refractivity contribution in [2.45, 2.75) is 33.4 Å². The van der Waals surface area contributed by atoms with Crippen LogP contribution in [0.25, 0.3) is 0 Å². The standard InChI is InChI=1S/C19H27N3O3.HI/c1-13-9-16(15(3)24-13)12-22-19(20-4)21-11-14(2)25-18-8-6-7-17(10-18)23-5;/h6-10,14H,11-12H2,1-5H3,(H2,20,21,22);1H. The highest BCUT2D eigenvalue weighted by Crippen LogP contribution is 2.19. The number of aryl methyl sites for hydroxylation is 2. The summed E-state index contributed by atoms with van der Waals surface area (Å²) in [6, 6.07) is 9.61. The van der Waals surface area contributed by atoms with E-state index in [1.807, 2.05) is 51.1 Å². The third-order valence-corrected chi connectivity index (χ3v) is 3.75. The average molecular weight is 473 g/mol. The highest BCUT2D eigenvalue weighted by atomic mass is 127. The van der Waals surface area contributed by atoms with E-state index in [0.717, 1.165) is 34.5 Å². The molecule has 1 aromatic heterocycles. The molecule has 1 heterocycles. The number of benzene rings is 1. The van der Waals surface area contributed by atoms with Crippen molar-refractivity contribution in [1.29, 1.82) is 0 Å². The van der Waals surface area contributed by atoms with Crippen molar-refractivity contribution >= 4 is 29.9 Å². The molecule has 0 aliphatic heterocycles. The van der Waals surface area contributed by atoms with Crippen LogP contribution in [-0.2, 0) is 6.54 Å². The van der Waals surface area contributed by atoms with Crippen molar-refractivity contribution in [3.63, 3.8) is 0 Å². The molecular formula is C19H28IN3O3. The van der Waals surface area contributed by atoms with Gasteiger partial charge >= 0.3 is 0 Å². The maximum absolute atomic E-state index is 5.90. The minimum atomic E-state index is -0.0245. The molecule has 2 rings (SSSR count). The summed E-state index contributed by atoms with van der Waals surface area (Å²) >= 11 is 0. The summed E-state index contributed by atoms with van der Waals surface area (Å²) in [5.41, 5.74) is 1.13. The number of nitrogens with one attached hydrogen (secondary N) is 2. The van der Waals surface area contributed by atoms with Gasteiger partial charge in [0.05, 0.1) is 13.7 Å². The fourth-order valence-electron chi connectivity index (χ4n) is 2.45. The molecule has 0 fully saturated rings. The second-order valence-electron chi connectivity index (χ2n) is 5.85. The van der Waals surface area contributed by atoms with E-state index in [4.69, 9.17) is 13.9 Å². The van der Waals surface area contributed by atoms with E-state index < -0.39 is 0 Å². The predicted octanol–water partition coefficient (Wildman–Crippen LogP) is 3.66. The van der Waals surface area contributed by atoms with Crippen LogP contribution < -0.4 is 20.1 Å². The number of aliphatic imine (C=N–C) groups is 1. The molecule has 0 saturated carbocycles. The molecule has 144 valence electrons. The van der Waals surface area contributed by atoms with Crippen LogP contribution in [0.1, 0.15) is 24.0 Å². The smallest absolute Gasteiger partial charge is 0.191 e. The Morgan fingerprint density at radius 1 is 1.19 bits per heavy atom. The van der Waals surface area contributed by atoms with E-state index in [1.54, 1.807) is 14.2 Å². The van der Waals surface area contributed by atoms with Gasteiger partial charge in [-0.05, 0) is 39.0 Å². The van der Waals surface area contributed by atoms with Crippen LogP contribution in [-0.4, -0.2) is 32.8 Å². The third-order valence-electron chi connectivity index (χ3n) is 3.75. The van der Waals surface area contributed by atoms with Gasteiger partial charge in [0.2, 0.25) is 0 Å². The van der Waals surface area contributed by atoms with E-state index in [9.17, 15) is 0 Å². The molecule has 1 atom stereocenters.